The highest BCUT2D eigenvalue weighted by Gasteiger charge is 2.21. The van der Waals surface area contributed by atoms with Crippen LogP contribution in [0.25, 0.3) is 0 Å². The summed E-state index contributed by atoms with van der Waals surface area (Å²) in [4.78, 5) is 2.56. The van der Waals surface area contributed by atoms with E-state index >= 15 is 0 Å². The van der Waals surface area contributed by atoms with Gasteiger partial charge in [0.15, 0.2) is 0 Å². The Kier molecular flexibility index (Phi) is 7.25. The molecule has 2 unspecified atom stereocenters. The molecule has 16 heavy (non-hydrogen) atoms. The van der Waals surface area contributed by atoms with Crippen molar-refractivity contribution in [2.24, 2.45) is 17.1 Å². The maximum Gasteiger partial charge on any atom is 0.00643 e. The van der Waals surface area contributed by atoms with E-state index in [0.717, 1.165) is 19.6 Å². The van der Waals surface area contributed by atoms with Crippen molar-refractivity contribution in [2.75, 3.05) is 19.6 Å². The van der Waals surface area contributed by atoms with Gasteiger partial charge in [-0.25, -0.2) is 0 Å². The quantitative estimate of drug-likeness (QED) is 0.725. The van der Waals surface area contributed by atoms with Gasteiger partial charge in [-0.3, -0.25) is 0 Å². The Morgan fingerprint density at radius 2 is 1.75 bits per heavy atom. The standard InChI is InChI=1S/C14H32N2/c1-7-12(3)16(8-2)11-13(10-15)9-14(4,5)6/h12-13H,7-11,15H2,1-6H3. The van der Waals surface area contributed by atoms with Gasteiger partial charge in [-0.1, -0.05) is 34.6 Å². The minimum Gasteiger partial charge on any atom is -0.330 e. The minimum atomic E-state index is 0.388. The van der Waals surface area contributed by atoms with Gasteiger partial charge >= 0.3 is 0 Å². The molecule has 2 heteroatoms. The van der Waals surface area contributed by atoms with E-state index in [4.69, 9.17) is 5.73 Å². The third kappa shape index (κ3) is 6.49. The summed E-state index contributed by atoms with van der Waals surface area (Å²) < 4.78 is 0. The van der Waals surface area contributed by atoms with Crippen molar-refractivity contribution in [1.29, 1.82) is 0 Å². The van der Waals surface area contributed by atoms with Crippen LogP contribution in [0.5, 0.6) is 0 Å². The van der Waals surface area contributed by atoms with Crippen LogP contribution in [0.3, 0.4) is 0 Å². The van der Waals surface area contributed by atoms with Gasteiger partial charge in [-0.05, 0) is 44.2 Å². The second kappa shape index (κ2) is 7.29. The van der Waals surface area contributed by atoms with Crippen LogP contribution in [0.15, 0.2) is 0 Å². The van der Waals surface area contributed by atoms with Gasteiger partial charge in [0.05, 0.1) is 0 Å². The molecule has 0 aliphatic rings. The van der Waals surface area contributed by atoms with Crippen LogP contribution in [-0.4, -0.2) is 30.6 Å². The fraction of sp³-hybridized carbons (Fsp3) is 1.00. The Hall–Kier alpha value is -0.0800. The van der Waals surface area contributed by atoms with E-state index in [2.05, 4.69) is 46.4 Å². The van der Waals surface area contributed by atoms with Crippen LogP contribution in [0.1, 0.15) is 54.4 Å². The summed E-state index contributed by atoms with van der Waals surface area (Å²) in [6, 6.07) is 0.680. The predicted molar refractivity (Wildman–Crippen MR) is 73.6 cm³/mol. The molecule has 0 saturated carbocycles. The maximum absolute atomic E-state index is 5.90. The van der Waals surface area contributed by atoms with Crippen molar-refractivity contribution in [3.8, 4) is 0 Å². The van der Waals surface area contributed by atoms with Crippen LogP contribution in [0, 0.1) is 11.3 Å². The smallest absolute Gasteiger partial charge is 0.00643 e. The molecular weight excluding hydrogens is 196 g/mol. The lowest BCUT2D eigenvalue weighted by Crippen LogP contribution is -2.39. The first kappa shape index (κ1) is 15.9. The summed E-state index contributed by atoms with van der Waals surface area (Å²) in [6.45, 7) is 16.8. The summed E-state index contributed by atoms with van der Waals surface area (Å²) in [5.74, 6) is 0.633. The monoisotopic (exact) mass is 228 g/mol. The largest absolute Gasteiger partial charge is 0.330 e. The van der Waals surface area contributed by atoms with Crippen molar-refractivity contribution in [1.82, 2.24) is 4.90 Å². The van der Waals surface area contributed by atoms with E-state index in [9.17, 15) is 0 Å². The second-order valence-electron chi connectivity index (χ2n) is 6.21. The number of rotatable bonds is 7. The Morgan fingerprint density at radius 1 is 1.19 bits per heavy atom. The molecule has 0 aromatic rings. The first-order valence-corrected chi connectivity index (χ1v) is 6.78. The highest BCUT2D eigenvalue weighted by molar-refractivity contribution is 4.75. The zero-order chi connectivity index (χ0) is 12.8. The first-order chi connectivity index (χ1) is 7.34. The lowest BCUT2D eigenvalue weighted by atomic mass is 9.84. The fourth-order valence-electron chi connectivity index (χ4n) is 2.30. The summed E-state index contributed by atoms with van der Waals surface area (Å²) in [5.41, 5.74) is 6.29. The molecule has 0 radical (unpaired) electrons. The molecule has 0 aliphatic heterocycles. The van der Waals surface area contributed by atoms with E-state index in [1.54, 1.807) is 0 Å². The van der Waals surface area contributed by atoms with Crippen molar-refractivity contribution >= 4 is 0 Å². The molecule has 2 nitrogen and oxygen atoms in total. The van der Waals surface area contributed by atoms with Crippen LogP contribution in [0.4, 0.5) is 0 Å². The van der Waals surface area contributed by atoms with Crippen LogP contribution in [0.2, 0.25) is 0 Å². The Labute approximate surface area is 103 Å². The molecule has 2 atom stereocenters. The van der Waals surface area contributed by atoms with E-state index in [0.29, 0.717) is 17.4 Å². The van der Waals surface area contributed by atoms with Gasteiger partial charge in [-0.2, -0.15) is 0 Å². The van der Waals surface area contributed by atoms with E-state index in [-0.39, 0.29) is 0 Å². The van der Waals surface area contributed by atoms with Gasteiger partial charge in [0.25, 0.3) is 0 Å². The molecule has 0 spiro atoms. The molecular formula is C14H32N2. The molecule has 98 valence electrons. The zero-order valence-corrected chi connectivity index (χ0v) is 12.2. The predicted octanol–water partition coefficient (Wildman–Crippen LogP) is 3.12. The topological polar surface area (TPSA) is 29.3 Å². The molecule has 0 saturated heterocycles. The number of hydrogen-bond donors (Lipinski definition) is 1. The van der Waals surface area contributed by atoms with Crippen molar-refractivity contribution in [3.63, 3.8) is 0 Å². The number of nitrogens with zero attached hydrogens (tertiary/aromatic N) is 1. The number of nitrogens with two attached hydrogens (primary N) is 1. The van der Waals surface area contributed by atoms with Crippen molar-refractivity contribution in [3.05, 3.63) is 0 Å². The summed E-state index contributed by atoms with van der Waals surface area (Å²) in [7, 11) is 0. The second-order valence-corrected chi connectivity index (χ2v) is 6.21. The Bertz CT molecular complexity index is 172. The van der Waals surface area contributed by atoms with Gasteiger partial charge in [0, 0.05) is 12.6 Å². The highest BCUT2D eigenvalue weighted by atomic mass is 15.1. The molecule has 0 aliphatic carbocycles. The molecule has 0 bridgehead atoms. The van der Waals surface area contributed by atoms with Crippen LogP contribution in [-0.2, 0) is 0 Å². The van der Waals surface area contributed by atoms with Crippen LogP contribution < -0.4 is 5.73 Å². The lowest BCUT2D eigenvalue weighted by molar-refractivity contribution is 0.159. The van der Waals surface area contributed by atoms with Gasteiger partial charge in [-0.15, -0.1) is 0 Å². The Morgan fingerprint density at radius 3 is 2.06 bits per heavy atom. The molecule has 0 heterocycles. The summed E-state index contributed by atoms with van der Waals surface area (Å²) in [5, 5.41) is 0. The molecule has 0 aromatic carbocycles. The normalized spacial score (nSPS) is 16.5. The van der Waals surface area contributed by atoms with Crippen LogP contribution >= 0.6 is 0 Å². The van der Waals surface area contributed by atoms with E-state index in [1.807, 2.05) is 0 Å². The minimum absolute atomic E-state index is 0.388. The molecule has 0 aromatic heterocycles. The average molecular weight is 228 g/mol. The van der Waals surface area contributed by atoms with Crippen molar-refractivity contribution in [2.45, 2.75) is 60.4 Å². The highest BCUT2D eigenvalue weighted by Crippen LogP contribution is 2.25. The summed E-state index contributed by atoms with van der Waals surface area (Å²) >= 11 is 0. The number of hydrogen-bond acceptors (Lipinski definition) is 2. The maximum atomic E-state index is 5.90. The first-order valence-electron chi connectivity index (χ1n) is 6.78. The van der Waals surface area contributed by atoms with Gasteiger partial charge in [0.2, 0.25) is 0 Å². The SMILES string of the molecule is CCC(C)N(CC)CC(CN)CC(C)(C)C. The van der Waals surface area contributed by atoms with E-state index in [1.165, 1.54) is 12.8 Å². The molecule has 2 N–H and O–H groups in total. The molecule has 0 amide bonds. The van der Waals surface area contributed by atoms with Crippen molar-refractivity contribution < 1.29 is 0 Å². The third-order valence-corrected chi connectivity index (χ3v) is 3.35. The van der Waals surface area contributed by atoms with Gasteiger partial charge < -0.3 is 10.6 Å². The molecule has 0 rings (SSSR count). The third-order valence-electron chi connectivity index (χ3n) is 3.35. The summed E-state index contributed by atoms with van der Waals surface area (Å²) in [6.07, 6.45) is 2.44. The Balaban J connectivity index is 4.28. The lowest BCUT2D eigenvalue weighted by Gasteiger charge is -2.33. The molecule has 0 fully saturated rings. The van der Waals surface area contributed by atoms with Gasteiger partial charge in [0.1, 0.15) is 0 Å². The zero-order valence-electron chi connectivity index (χ0n) is 12.2. The fourth-order valence-corrected chi connectivity index (χ4v) is 2.30. The average Bonchev–Trinajstić information content (AvgIpc) is 2.21. The van der Waals surface area contributed by atoms with E-state index < -0.39 is 0 Å².